The lowest BCUT2D eigenvalue weighted by molar-refractivity contribution is -0.137. The third-order valence-electron chi connectivity index (χ3n) is 6.30. The highest BCUT2D eigenvalue weighted by Gasteiger charge is 2.38. The molecule has 2 atom stereocenters. The average molecular weight is 454 g/mol. The summed E-state index contributed by atoms with van der Waals surface area (Å²) in [4.78, 5) is 42.0. The molecule has 0 radical (unpaired) electrons. The number of rotatable bonds is 8. The van der Waals surface area contributed by atoms with Gasteiger partial charge in [-0.05, 0) is 37.0 Å². The van der Waals surface area contributed by atoms with Crippen molar-refractivity contribution in [3.05, 3.63) is 47.4 Å². The summed E-state index contributed by atoms with van der Waals surface area (Å²) >= 11 is 0. The molecular formula is C24H23FN2O6. The SMILES string of the molecule is O=C(O)CC1CC(=O)c2cc(N3CC[C@@H](Oc4ccc(OCC5CC5)nc4)C3=O)cc(F)c21. The highest BCUT2D eigenvalue weighted by molar-refractivity contribution is 6.05. The van der Waals surface area contributed by atoms with Gasteiger partial charge in [-0.15, -0.1) is 0 Å². The van der Waals surface area contributed by atoms with Gasteiger partial charge in [-0.2, -0.15) is 0 Å². The van der Waals surface area contributed by atoms with Crippen molar-refractivity contribution in [2.24, 2.45) is 5.92 Å². The zero-order valence-corrected chi connectivity index (χ0v) is 17.8. The Kier molecular flexibility index (Phi) is 5.47. The number of aliphatic carboxylic acids is 1. The van der Waals surface area contributed by atoms with Crippen LogP contribution in [0.2, 0.25) is 0 Å². The number of fused-ring (bicyclic) bond motifs is 1. The molecule has 1 saturated carbocycles. The topological polar surface area (TPSA) is 106 Å². The number of anilines is 1. The van der Waals surface area contributed by atoms with Gasteiger partial charge in [0.25, 0.3) is 5.91 Å². The molecule has 1 unspecified atom stereocenters. The maximum absolute atomic E-state index is 14.9. The van der Waals surface area contributed by atoms with Gasteiger partial charge in [-0.1, -0.05) is 0 Å². The minimum absolute atomic E-state index is 0.0466. The second kappa shape index (κ2) is 8.46. The fourth-order valence-corrected chi connectivity index (χ4v) is 4.42. The maximum atomic E-state index is 14.9. The summed E-state index contributed by atoms with van der Waals surface area (Å²) in [6.07, 6.45) is 3.17. The van der Waals surface area contributed by atoms with Crippen LogP contribution < -0.4 is 14.4 Å². The van der Waals surface area contributed by atoms with Gasteiger partial charge in [0.15, 0.2) is 11.9 Å². The number of ether oxygens (including phenoxy) is 2. The monoisotopic (exact) mass is 454 g/mol. The molecule has 9 heteroatoms. The molecule has 0 spiro atoms. The fourth-order valence-electron chi connectivity index (χ4n) is 4.42. The Bertz CT molecular complexity index is 1110. The van der Waals surface area contributed by atoms with Crippen LogP contribution in [-0.4, -0.2) is 47.0 Å². The van der Waals surface area contributed by atoms with E-state index in [0.29, 0.717) is 37.1 Å². The van der Waals surface area contributed by atoms with Gasteiger partial charge in [0.1, 0.15) is 11.6 Å². The van der Waals surface area contributed by atoms with Crippen LogP contribution in [-0.2, 0) is 9.59 Å². The number of hydrogen-bond acceptors (Lipinski definition) is 6. The Balaban J connectivity index is 1.27. The first-order chi connectivity index (χ1) is 15.9. The smallest absolute Gasteiger partial charge is 0.303 e. The lowest BCUT2D eigenvalue weighted by Gasteiger charge is -2.19. The Morgan fingerprint density at radius 2 is 2.03 bits per heavy atom. The van der Waals surface area contributed by atoms with Crippen molar-refractivity contribution in [1.82, 2.24) is 4.98 Å². The van der Waals surface area contributed by atoms with Crippen LogP contribution in [0.5, 0.6) is 11.6 Å². The van der Waals surface area contributed by atoms with Gasteiger partial charge in [0.2, 0.25) is 5.88 Å². The van der Waals surface area contributed by atoms with Crippen molar-refractivity contribution < 1.29 is 33.4 Å². The first-order valence-electron chi connectivity index (χ1n) is 11.0. The number of carbonyl (C=O) groups excluding carboxylic acids is 2. The molecule has 2 fully saturated rings. The summed E-state index contributed by atoms with van der Waals surface area (Å²) < 4.78 is 26.3. The number of benzene rings is 1. The molecule has 172 valence electrons. The van der Waals surface area contributed by atoms with Crippen LogP contribution in [0.3, 0.4) is 0 Å². The summed E-state index contributed by atoms with van der Waals surface area (Å²) in [6.45, 7) is 0.963. The lowest BCUT2D eigenvalue weighted by Crippen LogP contribution is -2.32. The van der Waals surface area contributed by atoms with Gasteiger partial charge >= 0.3 is 5.97 Å². The van der Waals surface area contributed by atoms with Gasteiger partial charge in [-0.25, -0.2) is 9.37 Å². The number of ketones is 1. The predicted octanol–water partition coefficient (Wildman–Crippen LogP) is 3.34. The normalized spacial score (nSPS) is 21.9. The van der Waals surface area contributed by atoms with Crippen molar-refractivity contribution in [2.45, 2.75) is 44.1 Å². The number of amides is 1. The molecule has 0 bridgehead atoms. The Labute approximate surface area is 189 Å². The van der Waals surface area contributed by atoms with E-state index in [1.165, 1.54) is 36.1 Å². The van der Waals surface area contributed by atoms with Crippen molar-refractivity contribution in [1.29, 1.82) is 0 Å². The Morgan fingerprint density at radius 1 is 1.21 bits per heavy atom. The molecule has 8 nitrogen and oxygen atoms in total. The lowest BCUT2D eigenvalue weighted by atomic mass is 9.97. The third-order valence-corrected chi connectivity index (χ3v) is 6.30. The minimum atomic E-state index is -1.09. The number of carboxylic acids is 1. The standard InChI is InChI=1S/C24H23FN2O6/c25-18-10-15(9-17-19(28)7-14(23(17)18)8-22(29)30)27-6-5-20(24(27)31)33-16-3-4-21(26-11-16)32-12-13-1-2-13/h3-4,9-11,13-14,20H,1-2,5-8,12H2,(H,29,30)/t14?,20-/m1/s1. The molecule has 1 aromatic heterocycles. The van der Waals surface area contributed by atoms with Crippen LogP contribution >= 0.6 is 0 Å². The van der Waals surface area contributed by atoms with E-state index >= 15 is 0 Å². The first-order valence-corrected chi connectivity index (χ1v) is 11.0. The number of aromatic nitrogens is 1. The van der Waals surface area contributed by atoms with Gasteiger partial charge in [0.05, 0.1) is 19.2 Å². The van der Waals surface area contributed by atoms with Crippen LogP contribution in [0.4, 0.5) is 10.1 Å². The molecule has 3 aliphatic rings. The van der Waals surface area contributed by atoms with Crippen molar-refractivity contribution in [3.8, 4) is 11.6 Å². The van der Waals surface area contributed by atoms with E-state index < -0.39 is 23.8 Å². The summed E-state index contributed by atoms with van der Waals surface area (Å²) in [6, 6.07) is 6.07. The highest BCUT2D eigenvalue weighted by atomic mass is 19.1. The van der Waals surface area contributed by atoms with Crippen molar-refractivity contribution >= 4 is 23.3 Å². The van der Waals surface area contributed by atoms with E-state index in [4.69, 9.17) is 14.6 Å². The molecule has 1 amide bonds. The second-order valence-electron chi connectivity index (χ2n) is 8.78. The molecule has 2 aliphatic carbocycles. The zero-order chi connectivity index (χ0) is 23.1. The average Bonchev–Trinajstić information content (AvgIpc) is 3.47. The van der Waals surface area contributed by atoms with E-state index in [0.717, 1.165) is 0 Å². The highest BCUT2D eigenvalue weighted by Crippen LogP contribution is 2.40. The van der Waals surface area contributed by atoms with Gasteiger partial charge in [0, 0.05) is 48.2 Å². The molecular weight excluding hydrogens is 431 g/mol. The van der Waals surface area contributed by atoms with E-state index in [-0.39, 0.29) is 41.3 Å². The largest absolute Gasteiger partial charge is 0.481 e. The quantitative estimate of drug-likeness (QED) is 0.652. The molecule has 2 aromatic rings. The summed E-state index contributed by atoms with van der Waals surface area (Å²) in [5.41, 5.74) is 0.550. The number of pyridine rings is 1. The van der Waals surface area contributed by atoms with Crippen LogP contribution in [0, 0.1) is 11.7 Å². The van der Waals surface area contributed by atoms with Crippen molar-refractivity contribution in [3.63, 3.8) is 0 Å². The fraction of sp³-hybridized carbons (Fsp3) is 0.417. The van der Waals surface area contributed by atoms with Gasteiger partial charge in [-0.3, -0.25) is 14.4 Å². The number of Topliss-reactive ketones (excluding diaryl/α,β-unsaturated/α-hetero) is 1. The second-order valence-corrected chi connectivity index (χ2v) is 8.78. The third kappa shape index (κ3) is 4.40. The number of halogens is 1. The number of hydrogen-bond donors (Lipinski definition) is 1. The molecule has 2 heterocycles. The van der Waals surface area contributed by atoms with Gasteiger partial charge < -0.3 is 19.5 Å². The van der Waals surface area contributed by atoms with E-state index in [1.807, 2.05) is 0 Å². The molecule has 1 aliphatic heterocycles. The maximum Gasteiger partial charge on any atom is 0.303 e. The Hall–Kier alpha value is -3.49. The number of carboxylic acid groups (broad SMARTS) is 1. The van der Waals surface area contributed by atoms with Crippen LogP contribution in [0.25, 0.3) is 0 Å². The Morgan fingerprint density at radius 3 is 2.73 bits per heavy atom. The van der Waals surface area contributed by atoms with Crippen LogP contribution in [0.1, 0.15) is 53.9 Å². The molecule has 1 N–H and O–H groups in total. The molecule has 33 heavy (non-hydrogen) atoms. The first kappa shape index (κ1) is 21.4. The predicted molar refractivity (Wildman–Crippen MR) is 114 cm³/mol. The summed E-state index contributed by atoms with van der Waals surface area (Å²) in [5, 5.41) is 9.04. The number of carbonyl (C=O) groups is 3. The molecule has 5 rings (SSSR count). The summed E-state index contributed by atoms with van der Waals surface area (Å²) in [5.74, 6) is -1.53. The number of nitrogens with zero attached hydrogens (tertiary/aromatic N) is 2. The molecule has 1 aromatic carbocycles. The van der Waals surface area contributed by atoms with Crippen LogP contribution in [0.15, 0.2) is 30.5 Å². The van der Waals surface area contributed by atoms with Crippen molar-refractivity contribution in [2.75, 3.05) is 18.1 Å². The van der Waals surface area contributed by atoms with E-state index in [9.17, 15) is 18.8 Å². The molecule has 1 saturated heterocycles. The van der Waals surface area contributed by atoms with E-state index in [1.54, 1.807) is 12.1 Å². The minimum Gasteiger partial charge on any atom is -0.481 e. The van der Waals surface area contributed by atoms with E-state index in [2.05, 4.69) is 4.98 Å². The summed E-state index contributed by atoms with van der Waals surface area (Å²) in [7, 11) is 0. The zero-order valence-electron chi connectivity index (χ0n) is 17.8.